The summed E-state index contributed by atoms with van der Waals surface area (Å²) >= 11 is 0. The molecule has 3 unspecified atom stereocenters. The average molecular weight is 1340 g/mol. The highest BCUT2D eigenvalue weighted by molar-refractivity contribution is 7.47. The van der Waals surface area contributed by atoms with Crippen LogP contribution in [0.25, 0.3) is 0 Å². The fourth-order valence-corrected chi connectivity index (χ4v) is 12.5. The summed E-state index contributed by atoms with van der Waals surface area (Å²) in [5.74, 6) is -0.625. The normalized spacial score (nSPS) is 14.4. The molecule has 0 saturated heterocycles. The molecule has 0 fully saturated rings. The molecular formula is C72H140O17P2. The first-order valence-electron chi connectivity index (χ1n) is 37.5. The summed E-state index contributed by atoms with van der Waals surface area (Å²) in [7, 11) is -9.90. The zero-order valence-electron chi connectivity index (χ0n) is 59.1. The minimum atomic E-state index is -4.95. The van der Waals surface area contributed by atoms with Crippen LogP contribution in [-0.2, 0) is 65.4 Å². The number of phosphoric acid groups is 2. The molecule has 6 atom stereocenters. The van der Waals surface area contributed by atoms with Crippen molar-refractivity contribution < 1.29 is 80.2 Å². The second-order valence-electron chi connectivity index (χ2n) is 26.7. The molecule has 0 saturated carbocycles. The molecule has 540 valence electrons. The van der Waals surface area contributed by atoms with Crippen LogP contribution >= 0.6 is 15.6 Å². The van der Waals surface area contributed by atoms with Gasteiger partial charge in [-0.2, -0.15) is 0 Å². The summed E-state index contributed by atoms with van der Waals surface area (Å²) in [6.45, 7) is 9.53. The highest BCUT2D eigenvalue weighted by atomic mass is 31.2. The maximum atomic E-state index is 13.0. The van der Waals surface area contributed by atoms with Crippen LogP contribution in [-0.4, -0.2) is 96.7 Å². The van der Waals surface area contributed by atoms with Crippen LogP contribution in [0.5, 0.6) is 0 Å². The van der Waals surface area contributed by atoms with Crippen molar-refractivity contribution in [3.05, 3.63) is 0 Å². The molecule has 0 aliphatic rings. The monoisotopic (exact) mass is 1340 g/mol. The number of aliphatic hydroxyl groups is 1. The van der Waals surface area contributed by atoms with Crippen molar-refractivity contribution in [2.45, 2.75) is 387 Å². The predicted molar refractivity (Wildman–Crippen MR) is 368 cm³/mol. The zero-order valence-corrected chi connectivity index (χ0v) is 60.9. The number of carbonyl (C=O) groups excluding carboxylic acids is 4. The van der Waals surface area contributed by atoms with Gasteiger partial charge in [0.1, 0.15) is 19.3 Å². The van der Waals surface area contributed by atoms with E-state index in [9.17, 15) is 43.2 Å². The molecule has 0 aromatic rings. The first kappa shape index (κ1) is 89.1. The first-order chi connectivity index (χ1) is 43.9. The third kappa shape index (κ3) is 65.1. The summed E-state index contributed by atoms with van der Waals surface area (Å²) in [6.07, 6.45) is 49.8. The Morgan fingerprint density at radius 1 is 0.319 bits per heavy atom. The van der Waals surface area contributed by atoms with E-state index >= 15 is 0 Å². The van der Waals surface area contributed by atoms with E-state index in [1.165, 1.54) is 186 Å². The number of unbranched alkanes of at least 4 members (excludes halogenated alkanes) is 40. The average Bonchev–Trinajstić information content (AvgIpc) is 3.21. The van der Waals surface area contributed by atoms with Crippen molar-refractivity contribution in [1.29, 1.82) is 0 Å². The quantitative estimate of drug-likeness (QED) is 0.0222. The summed E-state index contributed by atoms with van der Waals surface area (Å²) < 4.78 is 68.4. The predicted octanol–water partition coefficient (Wildman–Crippen LogP) is 20.8. The Morgan fingerprint density at radius 3 is 0.835 bits per heavy atom. The van der Waals surface area contributed by atoms with Crippen molar-refractivity contribution in [3.8, 4) is 0 Å². The van der Waals surface area contributed by atoms with E-state index in [1.807, 2.05) is 0 Å². The van der Waals surface area contributed by atoms with Crippen LogP contribution in [0.15, 0.2) is 0 Å². The van der Waals surface area contributed by atoms with Gasteiger partial charge in [-0.15, -0.1) is 0 Å². The van der Waals surface area contributed by atoms with Crippen LogP contribution in [0, 0.1) is 11.8 Å². The maximum Gasteiger partial charge on any atom is 0.472 e. The molecule has 0 spiro atoms. The zero-order chi connectivity index (χ0) is 67.2. The highest BCUT2D eigenvalue weighted by Gasteiger charge is 2.30. The van der Waals surface area contributed by atoms with Crippen LogP contribution < -0.4 is 0 Å². The minimum Gasteiger partial charge on any atom is -0.462 e. The molecule has 0 bridgehead atoms. The van der Waals surface area contributed by atoms with Gasteiger partial charge in [-0.05, 0) is 37.5 Å². The van der Waals surface area contributed by atoms with Crippen molar-refractivity contribution in [2.75, 3.05) is 39.6 Å². The van der Waals surface area contributed by atoms with Gasteiger partial charge in [-0.1, -0.05) is 318 Å². The van der Waals surface area contributed by atoms with E-state index in [2.05, 4.69) is 41.5 Å². The summed E-state index contributed by atoms with van der Waals surface area (Å²) in [6, 6.07) is 0. The van der Waals surface area contributed by atoms with Crippen LogP contribution in [0.3, 0.4) is 0 Å². The summed E-state index contributed by atoms with van der Waals surface area (Å²) in [5.41, 5.74) is 0. The fourth-order valence-electron chi connectivity index (χ4n) is 10.9. The van der Waals surface area contributed by atoms with E-state index in [0.29, 0.717) is 25.7 Å². The lowest BCUT2D eigenvalue weighted by Gasteiger charge is -2.21. The highest BCUT2D eigenvalue weighted by Crippen LogP contribution is 2.45. The van der Waals surface area contributed by atoms with Gasteiger partial charge < -0.3 is 33.8 Å². The second-order valence-corrected chi connectivity index (χ2v) is 29.6. The topological polar surface area (TPSA) is 237 Å². The Labute approximate surface area is 556 Å². The van der Waals surface area contributed by atoms with Gasteiger partial charge in [0.15, 0.2) is 12.2 Å². The van der Waals surface area contributed by atoms with Crippen molar-refractivity contribution in [1.82, 2.24) is 0 Å². The van der Waals surface area contributed by atoms with Gasteiger partial charge in [-0.25, -0.2) is 9.13 Å². The Kier molecular flexibility index (Phi) is 62.7. The second kappa shape index (κ2) is 64.1. The molecule has 3 N–H and O–H groups in total. The lowest BCUT2D eigenvalue weighted by molar-refractivity contribution is -0.161. The number of carbonyl (C=O) groups is 4. The minimum absolute atomic E-state index is 0.105. The first-order valence-corrected chi connectivity index (χ1v) is 40.5. The van der Waals surface area contributed by atoms with Crippen LogP contribution in [0.4, 0.5) is 0 Å². The molecule has 19 heteroatoms. The number of esters is 4. The lowest BCUT2D eigenvalue weighted by Crippen LogP contribution is -2.30. The molecule has 0 aromatic carbocycles. The van der Waals surface area contributed by atoms with Gasteiger partial charge in [0.05, 0.1) is 26.4 Å². The van der Waals surface area contributed by atoms with E-state index in [-0.39, 0.29) is 25.7 Å². The molecule has 0 heterocycles. The lowest BCUT2D eigenvalue weighted by atomic mass is 9.99. The van der Waals surface area contributed by atoms with E-state index < -0.39 is 97.5 Å². The molecule has 0 rings (SSSR count). The third-order valence-corrected chi connectivity index (χ3v) is 19.0. The van der Waals surface area contributed by atoms with Gasteiger partial charge >= 0.3 is 39.5 Å². The Balaban J connectivity index is 5.26. The molecule has 0 radical (unpaired) electrons. The van der Waals surface area contributed by atoms with Gasteiger partial charge in [0, 0.05) is 25.7 Å². The number of ether oxygens (including phenoxy) is 4. The Hall–Kier alpha value is -1.94. The Bertz CT molecular complexity index is 1770. The third-order valence-electron chi connectivity index (χ3n) is 17.1. The smallest absolute Gasteiger partial charge is 0.462 e. The number of rotatable bonds is 71. The van der Waals surface area contributed by atoms with Gasteiger partial charge in [-0.3, -0.25) is 37.3 Å². The maximum absolute atomic E-state index is 13.0. The summed E-state index contributed by atoms with van der Waals surface area (Å²) in [5, 5.41) is 10.6. The fraction of sp³-hybridized carbons (Fsp3) is 0.944. The molecule has 0 aromatic heterocycles. The van der Waals surface area contributed by atoms with Gasteiger partial charge in [0.2, 0.25) is 0 Å². The number of hydrogen-bond donors (Lipinski definition) is 3. The molecule has 0 aliphatic heterocycles. The molecule has 17 nitrogen and oxygen atoms in total. The van der Waals surface area contributed by atoms with Crippen molar-refractivity contribution in [2.24, 2.45) is 11.8 Å². The standard InChI is InChI=1S/C72H140O17P2/c1-7-10-12-14-16-18-20-22-23-25-27-29-38-44-50-56-71(76)88-67(60-82-69(74)54-48-42-36-28-26-24-21-19-17-15-13-11-8-2)62-86-90(78,79)84-58-66(73)59-85-91(80,81)87-63-68(61-83-70(75)55-49-43-37-32-30-34-40-46-52-64(4)5)89-72(77)57-51-45-39-33-31-35-41-47-53-65(6)9-3/h64-68,73H,7-63H2,1-6H3,(H,78,79)(H,80,81)/t65?,66-,67-,68-/m1/s1. The Morgan fingerprint density at radius 2 is 0.560 bits per heavy atom. The van der Waals surface area contributed by atoms with E-state index in [4.69, 9.17) is 37.0 Å². The number of aliphatic hydroxyl groups excluding tert-OH is 1. The van der Waals surface area contributed by atoms with Gasteiger partial charge in [0.25, 0.3) is 0 Å². The number of phosphoric ester groups is 2. The SMILES string of the molecule is CCCCCCCCCCCCCCCCCC(=O)O[C@H](COC(=O)CCCCCCCCCCCCCCC)COP(=O)(O)OC[C@@H](O)COP(=O)(O)OC[C@@H](COC(=O)CCCCCCCCCCC(C)C)OC(=O)CCCCCCCCCCC(C)CC. The van der Waals surface area contributed by atoms with Crippen molar-refractivity contribution in [3.63, 3.8) is 0 Å². The largest absolute Gasteiger partial charge is 0.472 e. The summed E-state index contributed by atoms with van der Waals surface area (Å²) in [4.78, 5) is 72.6. The number of hydrogen-bond acceptors (Lipinski definition) is 15. The molecule has 0 aliphatic carbocycles. The van der Waals surface area contributed by atoms with Crippen molar-refractivity contribution >= 4 is 39.5 Å². The van der Waals surface area contributed by atoms with E-state index in [1.54, 1.807) is 0 Å². The van der Waals surface area contributed by atoms with Crippen LogP contribution in [0.2, 0.25) is 0 Å². The molecular weight excluding hydrogens is 1200 g/mol. The van der Waals surface area contributed by atoms with Crippen LogP contribution in [0.1, 0.15) is 369 Å². The molecule has 0 amide bonds. The molecule has 91 heavy (non-hydrogen) atoms. The van der Waals surface area contributed by atoms with E-state index in [0.717, 1.165) is 102 Å².